The Morgan fingerprint density at radius 2 is 2.00 bits per heavy atom. The van der Waals surface area contributed by atoms with Crippen molar-refractivity contribution >= 4 is 22.5 Å². The summed E-state index contributed by atoms with van der Waals surface area (Å²) in [5.74, 6) is -0.284. The Morgan fingerprint density at radius 1 is 1.27 bits per heavy atom. The van der Waals surface area contributed by atoms with Gasteiger partial charge in [-0.15, -0.1) is 10.2 Å². The molecule has 0 aliphatic heterocycles. The Balaban J connectivity index is 1.76. The minimum atomic E-state index is -0.860. The summed E-state index contributed by atoms with van der Waals surface area (Å²) in [6.07, 6.45) is -0.860. The molecule has 1 atom stereocenters. The van der Waals surface area contributed by atoms with Gasteiger partial charge in [-0.3, -0.25) is 4.79 Å². The highest BCUT2D eigenvalue weighted by atomic mass is 16.5. The summed E-state index contributed by atoms with van der Waals surface area (Å²) >= 11 is 0. The lowest BCUT2D eigenvalue weighted by Crippen LogP contribution is -2.21. The van der Waals surface area contributed by atoms with E-state index in [0.29, 0.717) is 16.7 Å². The molecular weight excluding hydrogens is 332 g/mol. The smallest absolute Gasteiger partial charge is 0.304 e. The van der Waals surface area contributed by atoms with Crippen molar-refractivity contribution < 1.29 is 14.6 Å². The van der Waals surface area contributed by atoms with Gasteiger partial charge in [-0.25, -0.2) is 0 Å². The average molecular weight is 348 g/mol. The molecule has 0 spiro atoms. The van der Waals surface area contributed by atoms with Crippen molar-refractivity contribution in [2.45, 2.75) is 20.0 Å². The number of benzene rings is 2. The molecule has 1 amide bonds. The zero-order valence-electron chi connectivity index (χ0n) is 14.2. The van der Waals surface area contributed by atoms with Crippen LogP contribution in [0.2, 0.25) is 0 Å². The van der Waals surface area contributed by atoms with Crippen LogP contribution in [-0.4, -0.2) is 22.1 Å². The number of nitriles is 1. The fourth-order valence-corrected chi connectivity index (χ4v) is 2.48. The largest absolute Gasteiger partial charge is 0.493 e. The summed E-state index contributed by atoms with van der Waals surface area (Å²) in [5.41, 5.74) is 2.40. The van der Waals surface area contributed by atoms with Gasteiger partial charge in [-0.05, 0) is 43.7 Å². The SMILES string of the molecule is Cc1cccc2c(N=NC(=O)C(C)Oc3ccc(C#N)cc3)c(O)[nH]c12. The highest BCUT2D eigenvalue weighted by Gasteiger charge is 2.16. The average Bonchev–Trinajstić information content (AvgIpc) is 2.97. The fraction of sp³-hybridized carbons (Fsp3) is 0.158. The normalized spacial score (nSPS) is 12.2. The van der Waals surface area contributed by atoms with Crippen LogP contribution in [0.15, 0.2) is 52.7 Å². The second-order valence-corrected chi connectivity index (χ2v) is 5.75. The first-order valence-corrected chi connectivity index (χ1v) is 7.92. The summed E-state index contributed by atoms with van der Waals surface area (Å²) in [5, 5.41) is 27.0. The second kappa shape index (κ2) is 7.07. The molecule has 1 aromatic heterocycles. The number of aryl methyl sites for hydroxylation is 1. The number of H-pyrrole nitrogens is 1. The third-order valence-electron chi connectivity index (χ3n) is 3.89. The molecule has 7 nitrogen and oxygen atoms in total. The third kappa shape index (κ3) is 3.39. The van der Waals surface area contributed by atoms with E-state index in [-0.39, 0.29) is 11.6 Å². The van der Waals surface area contributed by atoms with Crippen LogP contribution in [0.3, 0.4) is 0 Å². The van der Waals surface area contributed by atoms with Gasteiger partial charge in [0.05, 0.1) is 17.1 Å². The topological polar surface area (TPSA) is 111 Å². The molecule has 26 heavy (non-hydrogen) atoms. The number of fused-ring (bicyclic) bond motifs is 1. The van der Waals surface area contributed by atoms with Crippen molar-refractivity contribution in [1.82, 2.24) is 4.98 Å². The van der Waals surface area contributed by atoms with E-state index >= 15 is 0 Å². The zero-order valence-corrected chi connectivity index (χ0v) is 14.2. The lowest BCUT2D eigenvalue weighted by molar-refractivity contribution is -0.124. The van der Waals surface area contributed by atoms with Crippen molar-refractivity contribution in [2.75, 3.05) is 0 Å². The Labute approximate surface area is 149 Å². The number of aromatic nitrogens is 1. The van der Waals surface area contributed by atoms with Crippen molar-refractivity contribution in [1.29, 1.82) is 5.26 Å². The molecule has 3 aromatic rings. The Morgan fingerprint density at radius 3 is 2.69 bits per heavy atom. The van der Waals surface area contributed by atoms with Gasteiger partial charge in [-0.1, -0.05) is 18.2 Å². The molecule has 2 aromatic carbocycles. The number of nitrogens with one attached hydrogen (secondary N) is 1. The first kappa shape index (κ1) is 17.2. The lowest BCUT2D eigenvalue weighted by Gasteiger charge is -2.10. The van der Waals surface area contributed by atoms with Gasteiger partial charge >= 0.3 is 5.91 Å². The number of hydrogen-bond donors (Lipinski definition) is 2. The monoisotopic (exact) mass is 348 g/mol. The van der Waals surface area contributed by atoms with Crippen LogP contribution >= 0.6 is 0 Å². The molecule has 0 saturated carbocycles. The van der Waals surface area contributed by atoms with Gasteiger partial charge in [0.25, 0.3) is 0 Å². The number of aromatic amines is 1. The molecule has 0 radical (unpaired) electrons. The van der Waals surface area contributed by atoms with Gasteiger partial charge in [0.15, 0.2) is 11.8 Å². The molecule has 1 unspecified atom stereocenters. The molecule has 0 saturated heterocycles. The summed E-state index contributed by atoms with van der Waals surface area (Å²) in [6, 6.07) is 13.9. The number of aromatic hydroxyl groups is 1. The number of carbonyl (C=O) groups excluding carboxylic acids is 1. The first-order valence-electron chi connectivity index (χ1n) is 7.92. The maximum Gasteiger partial charge on any atom is 0.304 e. The van der Waals surface area contributed by atoms with Crippen molar-refractivity contribution in [3.05, 3.63) is 53.6 Å². The van der Waals surface area contributed by atoms with E-state index in [1.807, 2.05) is 25.1 Å². The molecule has 0 fully saturated rings. The summed E-state index contributed by atoms with van der Waals surface area (Å²) in [4.78, 5) is 15.0. The Bertz CT molecular complexity index is 1030. The van der Waals surface area contributed by atoms with Crippen molar-refractivity contribution in [3.8, 4) is 17.7 Å². The van der Waals surface area contributed by atoms with Crippen LogP contribution in [0.4, 0.5) is 5.69 Å². The van der Waals surface area contributed by atoms with Crippen molar-refractivity contribution in [2.24, 2.45) is 10.2 Å². The fourth-order valence-electron chi connectivity index (χ4n) is 2.48. The summed E-state index contributed by atoms with van der Waals surface area (Å²) in [6.45, 7) is 3.45. The van der Waals surface area contributed by atoms with Crippen LogP contribution in [0.5, 0.6) is 11.6 Å². The number of amides is 1. The van der Waals surface area contributed by atoms with E-state index in [0.717, 1.165) is 11.1 Å². The van der Waals surface area contributed by atoms with Gasteiger partial charge in [0, 0.05) is 5.39 Å². The number of hydrogen-bond acceptors (Lipinski definition) is 5. The van der Waals surface area contributed by atoms with Crippen LogP contribution in [0.25, 0.3) is 10.9 Å². The van der Waals surface area contributed by atoms with Gasteiger partial charge in [-0.2, -0.15) is 5.26 Å². The number of para-hydroxylation sites is 1. The summed E-state index contributed by atoms with van der Waals surface area (Å²) < 4.78 is 5.50. The molecule has 1 heterocycles. The highest BCUT2D eigenvalue weighted by Crippen LogP contribution is 2.36. The standard InChI is InChI=1S/C19H16N4O3/c1-11-4-3-5-15-16(11)21-19(25)17(15)22-23-18(24)12(2)26-14-8-6-13(10-20)7-9-14/h3-9,12,21,25H,1-2H3. The predicted molar refractivity (Wildman–Crippen MR) is 95.5 cm³/mol. The van der Waals surface area contributed by atoms with Gasteiger partial charge in [0.2, 0.25) is 5.88 Å². The molecule has 3 rings (SSSR count). The molecule has 0 aliphatic rings. The van der Waals surface area contributed by atoms with Crippen LogP contribution in [-0.2, 0) is 4.79 Å². The molecule has 0 aliphatic carbocycles. The second-order valence-electron chi connectivity index (χ2n) is 5.75. The number of azo groups is 1. The van der Waals surface area contributed by atoms with Crippen molar-refractivity contribution in [3.63, 3.8) is 0 Å². The van der Waals surface area contributed by atoms with E-state index in [1.165, 1.54) is 0 Å². The lowest BCUT2D eigenvalue weighted by atomic mass is 10.1. The van der Waals surface area contributed by atoms with Crippen LogP contribution < -0.4 is 4.74 Å². The third-order valence-corrected chi connectivity index (χ3v) is 3.89. The number of carbonyl (C=O) groups is 1. The quantitative estimate of drug-likeness (QED) is 0.690. The van der Waals surface area contributed by atoms with Crippen LogP contribution in [0, 0.1) is 18.3 Å². The molecule has 0 bridgehead atoms. The van der Waals surface area contributed by atoms with Gasteiger partial charge < -0.3 is 14.8 Å². The van der Waals surface area contributed by atoms with Gasteiger partial charge in [0.1, 0.15) is 5.75 Å². The van der Waals surface area contributed by atoms with E-state index in [2.05, 4.69) is 15.2 Å². The molecule has 130 valence electrons. The van der Waals surface area contributed by atoms with E-state index in [1.54, 1.807) is 37.3 Å². The maximum absolute atomic E-state index is 12.2. The number of rotatable bonds is 4. The van der Waals surface area contributed by atoms with E-state index in [4.69, 9.17) is 10.00 Å². The Kier molecular flexibility index (Phi) is 4.67. The minimum absolute atomic E-state index is 0.147. The first-order chi connectivity index (χ1) is 12.5. The zero-order chi connectivity index (χ0) is 18.7. The van der Waals surface area contributed by atoms with Crippen LogP contribution in [0.1, 0.15) is 18.1 Å². The Hall–Kier alpha value is -3.66. The number of nitrogens with zero attached hydrogens (tertiary/aromatic N) is 3. The molecule has 2 N–H and O–H groups in total. The maximum atomic E-state index is 12.2. The molecular formula is C19H16N4O3. The molecule has 7 heteroatoms. The van der Waals surface area contributed by atoms with E-state index in [9.17, 15) is 9.90 Å². The van der Waals surface area contributed by atoms with E-state index < -0.39 is 12.0 Å². The summed E-state index contributed by atoms with van der Waals surface area (Å²) in [7, 11) is 0. The minimum Gasteiger partial charge on any atom is -0.493 e. The predicted octanol–water partition coefficient (Wildman–Crippen LogP) is 4.13. The number of ether oxygens (including phenoxy) is 1. The highest BCUT2D eigenvalue weighted by molar-refractivity contribution is 5.96.